The molecule has 0 unspecified atom stereocenters. The lowest BCUT2D eigenvalue weighted by Gasteiger charge is -2.25. The van der Waals surface area contributed by atoms with Crippen molar-refractivity contribution in [3.8, 4) is 0 Å². The van der Waals surface area contributed by atoms with E-state index in [-0.39, 0.29) is 0 Å². The maximum Gasteiger partial charge on any atom is 0.0462 e. The molecular weight excluding hydrogens is 620 g/mol. The summed E-state index contributed by atoms with van der Waals surface area (Å²) < 4.78 is 2.17. The maximum atomic E-state index is 3.49. The Morgan fingerprint density at radius 3 is 0.675 bits per heavy atom. The van der Waals surface area contributed by atoms with Crippen LogP contribution in [0.1, 0.15) is 0 Å². The first-order chi connectivity index (χ1) is 19.7. The molecule has 6 aromatic rings. The van der Waals surface area contributed by atoms with Gasteiger partial charge in [-0.1, -0.05) is 105 Å². The summed E-state index contributed by atoms with van der Waals surface area (Å²) in [7, 11) is 0. The topological polar surface area (TPSA) is 6.48 Å². The largest absolute Gasteiger partial charge is 0.311 e. The van der Waals surface area contributed by atoms with Gasteiger partial charge in [-0.2, -0.15) is 0 Å². The number of nitrogens with zero attached hydrogens (tertiary/aromatic N) is 2. The molecule has 0 saturated heterocycles. The van der Waals surface area contributed by atoms with Crippen LogP contribution in [0, 0.1) is 0 Å². The molecular formula is C36H28Br2N2. The third-order valence-electron chi connectivity index (χ3n) is 6.23. The molecule has 6 rings (SSSR count). The normalized spacial score (nSPS) is 10.2. The molecule has 0 amide bonds. The summed E-state index contributed by atoms with van der Waals surface area (Å²) in [6.07, 6.45) is 0. The predicted octanol–water partition coefficient (Wildman–Crippen LogP) is 11.8. The van der Waals surface area contributed by atoms with Gasteiger partial charge in [0, 0.05) is 43.1 Å². The Morgan fingerprint density at radius 2 is 0.450 bits per heavy atom. The van der Waals surface area contributed by atoms with Gasteiger partial charge in [0.1, 0.15) is 0 Å². The van der Waals surface area contributed by atoms with E-state index in [1.807, 2.05) is 24.3 Å². The van der Waals surface area contributed by atoms with Crippen LogP contribution in [0.5, 0.6) is 0 Å². The molecule has 0 aromatic heterocycles. The Bertz CT molecular complexity index is 1370. The van der Waals surface area contributed by atoms with Crippen molar-refractivity contribution in [3.63, 3.8) is 0 Å². The maximum absolute atomic E-state index is 3.49. The van der Waals surface area contributed by atoms with Gasteiger partial charge in [0.2, 0.25) is 0 Å². The molecule has 4 heteroatoms. The highest BCUT2D eigenvalue weighted by Gasteiger charge is 2.12. The first kappa shape index (κ1) is 27.4. The van der Waals surface area contributed by atoms with E-state index in [4.69, 9.17) is 0 Å². The number of hydrogen-bond donors (Lipinski definition) is 0. The van der Waals surface area contributed by atoms with Gasteiger partial charge in [0.05, 0.1) is 0 Å². The summed E-state index contributed by atoms with van der Waals surface area (Å²) >= 11 is 6.98. The van der Waals surface area contributed by atoms with Gasteiger partial charge in [0.15, 0.2) is 0 Å². The summed E-state index contributed by atoms with van der Waals surface area (Å²) in [5.74, 6) is 0. The summed E-state index contributed by atoms with van der Waals surface area (Å²) in [4.78, 5) is 4.48. The van der Waals surface area contributed by atoms with Gasteiger partial charge in [-0.15, -0.1) is 0 Å². The van der Waals surface area contributed by atoms with Crippen molar-refractivity contribution in [2.24, 2.45) is 0 Å². The smallest absolute Gasteiger partial charge is 0.0462 e. The number of anilines is 6. The van der Waals surface area contributed by atoms with Crippen molar-refractivity contribution in [2.75, 3.05) is 9.80 Å². The molecule has 0 atom stereocenters. The number of benzene rings is 6. The fourth-order valence-corrected chi connectivity index (χ4v) is 4.91. The second-order valence-electron chi connectivity index (χ2n) is 8.97. The zero-order chi connectivity index (χ0) is 27.6. The molecule has 2 nitrogen and oxygen atoms in total. The van der Waals surface area contributed by atoms with E-state index in [9.17, 15) is 0 Å². The zero-order valence-corrected chi connectivity index (χ0v) is 25.0. The average molecular weight is 648 g/mol. The number of hydrogen-bond acceptors (Lipinski definition) is 2. The third-order valence-corrected chi connectivity index (χ3v) is 7.28. The lowest BCUT2D eigenvalue weighted by Crippen LogP contribution is -2.09. The first-order valence-electron chi connectivity index (χ1n) is 13.0. The lowest BCUT2D eigenvalue weighted by atomic mass is 10.2. The molecule has 0 saturated carbocycles. The van der Waals surface area contributed by atoms with Crippen LogP contribution in [0.3, 0.4) is 0 Å². The van der Waals surface area contributed by atoms with Crippen LogP contribution >= 0.6 is 31.9 Å². The Labute approximate surface area is 253 Å². The van der Waals surface area contributed by atoms with Crippen molar-refractivity contribution in [3.05, 3.63) is 179 Å². The molecule has 40 heavy (non-hydrogen) atoms. The Balaban J connectivity index is 0.000000161. The molecule has 0 aliphatic rings. The van der Waals surface area contributed by atoms with E-state index in [0.29, 0.717) is 0 Å². The van der Waals surface area contributed by atoms with Crippen molar-refractivity contribution in [2.45, 2.75) is 0 Å². The minimum atomic E-state index is 1.09. The van der Waals surface area contributed by atoms with Crippen molar-refractivity contribution in [1.29, 1.82) is 0 Å². The SMILES string of the molecule is Brc1ccc(N(c2ccccc2)c2ccccc2)cc1.Brc1ccc(N(c2ccccc2)c2ccccc2)cc1. The van der Waals surface area contributed by atoms with Gasteiger partial charge in [0.25, 0.3) is 0 Å². The molecule has 0 N–H and O–H groups in total. The van der Waals surface area contributed by atoms with Gasteiger partial charge >= 0.3 is 0 Å². The molecule has 0 radical (unpaired) electrons. The minimum Gasteiger partial charge on any atom is -0.311 e. The first-order valence-corrected chi connectivity index (χ1v) is 14.6. The molecule has 0 aliphatic heterocycles. The Kier molecular flexibility index (Phi) is 9.46. The molecule has 0 spiro atoms. The van der Waals surface area contributed by atoms with Gasteiger partial charge in [-0.3, -0.25) is 0 Å². The van der Waals surface area contributed by atoms with Crippen LogP contribution in [-0.2, 0) is 0 Å². The van der Waals surface area contributed by atoms with E-state index < -0.39 is 0 Å². The Hall–Kier alpha value is -4.12. The molecule has 196 valence electrons. The molecule has 0 heterocycles. The van der Waals surface area contributed by atoms with Crippen LogP contribution in [0.4, 0.5) is 34.1 Å². The third kappa shape index (κ3) is 7.09. The number of rotatable bonds is 6. The average Bonchev–Trinajstić information content (AvgIpc) is 3.02. The monoisotopic (exact) mass is 646 g/mol. The summed E-state index contributed by atoms with van der Waals surface area (Å²) in [5, 5.41) is 0. The van der Waals surface area contributed by atoms with E-state index in [1.165, 1.54) is 0 Å². The fraction of sp³-hybridized carbons (Fsp3) is 0. The van der Waals surface area contributed by atoms with E-state index >= 15 is 0 Å². The molecule has 0 bridgehead atoms. The standard InChI is InChI=1S/2C18H14BrN/c2*19-15-11-13-18(14-12-15)20(16-7-3-1-4-8-16)17-9-5-2-6-10-17/h2*1-14H. The van der Waals surface area contributed by atoms with Crippen molar-refractivity contribution < 1.29 is 0 Å². The van der Waals surface area contributed by atoms with Gasteiger partial charge in [-0.05, 0) is 97.1 Å². The van der Waals surface area contributed by atoms with Crippen molar-refractivity contribution in [1.82, 2.24) is 0 Å². The second kappa shape index (κ2) is 13.8. The van der Waals surface area contributed by atoms with Gasteiger partial charge < -0.3 is 9.80 Å². The van der Waals surface area contributed by atoms with E-state index in [1.54, 1.807) is 0 Å². The lowest BCUT2D eigenvalue weighted by molar-refractivity contribution is 1.28. The van der Waals surface area contributed by atoms with Crippen LogP contribution in [0.25, 0.3) is 0 Å². The van der Waals surface area contributed by atoms with Crippen LogP contribution in [-0.4, -0.2) is 0 Å². The highest BCUT2D eigenvalue weighted by Crippen LogP contribution is 2.35. The summed E-state index contributed by atoms with van der Waals surface area (Å²) in [5.41, 5.74) is 6.90. The summed E-state index contributed by atoms with van der Waals surface area (Å²) in [6.45, 7) is 0. The van der Waals surface area contributed by atoms with Crippen LogP contribution < -0.4 is 9.80 Å². The summed E-state index contributed by atoms with van der Waals surface area (Å²) in [6, 6.07) is 58.3. The van der Waals surface area contributed by atoms with E-state index in [0.717, 1.165) is 43.1 Å². The zero-order valence-electron chi connectivity index (χ0n) is 21.8. The van der Waals surface area contributed by atoms with Crippen molar-refractivity contribution >= 4 is 66.0 Å². The molecule has 0 aliphatic carbocycles. The van der Waals surface area contributed by atoms with Crippen LogP contribution in [0.15, 0.2) is 179 Å². The highest BCUT2D eigenvalue weighted by molar-refractivity contribution is 9.10. The Morgan fingerprint density at radius 1 is 0.250 bits per heavy atom. The van der Waals surface area contributed by atoms with Gasteiger partial charge in [-0.25, -0.2) is 0 Å². The highest BCUT2D eigenvalue weighted by atomic mass is 79.9. The quantitative estimate of drug-likeness (QED) is 0.177. The van der Waals surface area contributed by atoms with Crippen LogP contribution in [0.2, 0.25) is 0 Å². The number of para-hydroxylation sites is 4. The minimum absolute atomic E-state index is 1.09. The number of halogens is 2. The fourth-order valence-electron chi connectivity index (χ4n) is 4.38. The second-order valence-corrected chi connectivity index (χ2v) is 10.8. The molecule has 6 aromatic carbocycles. The predicted molar refractivity (Wildman–Crippen MR) is 178 cm³/mol. The van der Waals surface area contributed by atoms with E-state index in [2.05, 4.69) is 187 Å². The molecule has 0 fully saturated rings.